The topological polar surface area (TPSA) is 95.1 Å². The van der Waals surface area contributed by atoms with E-state index in [-0.39, 0.29) is 30.4 Å². The van der Waals surface area contributed by atoms with Gasteiger partial charge in [0.05, 0.1) is 13.2 Å². The first-order valence-electron chi connectivity index (χ1n) is 7.75. The number of nitrogens with one attached hydrogen (secondary N) is 3. The van der Waals surface area contributed by atoms with Crippen LogP contribution >= 0.6 is 0 Å². The average Bonchev–Trinajstić information content (AvgIpc) is 2.41. The first kappa shape index (κ1) is 21.2. The third-order valence-electron chi connectivity index (χ3n) is 2.59. The largest absolute Gasteiger partial charge is 0.383 e. The summed E-state index contributed by atoms with van der Waals surface area (Å²) < 4.78 is 4.86. The first-order valence-corrected chi connectivity index (χ1v) is 7.75. The fourth-order valence-corrected chi connectivity index (χ4v) is 1.71. The Balaban J connectivity index is 4.54. The van der Waals surface area contributed by atoms with E-state index in [1.54, 1.807) is 19.1 Å². The summed E-state index contributed by atoms with van der Waals surface area (Å²) in [6, 6.07) is 0. The molecule has 0 aliphatic carbocycles. The summed E-state index contributed by atoms with van der Waals surface area (Å²) in [6.45, 7) is 9.42. The molecule has 8 heteroatoms. The van der Waals surface area contributed by atoms with Gasteiger partial charge in [-0.25, -0.2) is 4.99 Å². The van der Waals surface area contributed by atoms with Crippen LogP contribution < -0.4 is 16.0 Å². The molecule has 0 aromatic carbocycles. The molecule has 3 N–H and O–H groups in total. The van der Waals surface area contributed by atoms with E-state index in [1.165, 1.54) is 0 Å². The fraction of sp³-hybridized carbons (Fsp3) is 0.800. The highest BCUT2D eigenvalue weighted by atomic mass is 16.5. The summed E-state index contributed by atoms with van der Waals surface area (Å²) in [5.41, 5.74) is -0.283. The molecule has 8 nitrogen and oxygen atoms in total. The molecule has 23 heavy (non-hydrogen) atoms. The Bertz CT molecular complexity index is 404. The maximum atomic E-state index is 12.0. The number of amides is 2. The molecule has 0 aliphatic heterocycles. The number of carbonyl (C=O) groups is 2. The molecule has 0 rings (SSSR count). The van der Waals surface area contributed by atoms with E-state index < -0.39 is 0 Å². The standard InChI is InChI=1S/C15H31N5O3/c1-7-16-14(18-10-12(21)17-8-9-23-6)20(5)11-13(22)19-15(2,3)4/h7-11H2,1-6H3,(H,16,18)(H,17,21)(H,19,22). The molecule has 2 amide bonds. The molecule has 0 fully saturated rings. The summed E-state index contributed by atoms with van der Waals surface area (Å²) in [6.07, 6.45) is 0. The molecule has 0 aliphatic rings. The lowest BCUT2D eigenvalue weighted by molar-refractivity contribution is -0.122. The van der Waals surface area contributed by atoms with Gasteiger partial charge in [0.15, 0.2) is 5.96 Å². The van der Waals surface area contributed by atoms with Crippen molar-refractivity contribution < 1.29 is 14.3 Å². The molecule has 0 heterocycles. The van der Waals surface area contributed by atoms with Crippen molar-refractivity contribution in [3.63, 3.8) is 0 Å². The lowest BCUT2D eigenvalue weighted by Gasteiger charge is -2.25. The van der Waals surface area contributed by atoms with Gasteiger partial charge < -0.3 is 25.6 Å². The monoisotopic (exact) mass is 329 g/mol. The van der Waals surface area contributed by atoms with Gasteiger partial charge in [0.2, 0.25) is 11.8 Å². The van der Waals surface area contributed by atoms with Crippen LogP contribution in [-0.2, 0) is 14.3 Å². The highest BCUT2D eigenvalue weighted by Gasteiger charge is 2.16. The zero-order valence-electron chi connectivity index (χ0n) is 15.2. The second-order valence-electron chi connectivity index (χ2n) is 6.17. The van der Waals surface area contributed by atoms with Crippen LogP contribution in [0.2, 0.25) is 0 Å². The number of aliphatic imine (C=N–C) groups is 1. The van der Waals surface area contributed by atoms with Crippen molar-refractivity contribution in [1.29, 1.82) is 0 Å². The van der Waals surface area contributed by atoms with Gasteiger partial charge in [-0.3, -0.25) is 9.59 Å². The Morgan fingerprint density at radius 1 is 1.17 bits per heavy atom. The SMILES string of the molecule is CCNC(=NCC(=O)NCCOC)N(C)CC(=O)NC(C)(C)C. The Morgan fingerprint density at radius 2 is 1.83 bits per heavy atom. The molecule has 0 saturated carbocycles. The number of rotatable bonds is 8. The molecule has 0 saturated heterocycles. The maximum Gasteiger partial charge on any atom is 0.241 e. The van der Waals surface area contributed by atoms with Crippen LogP contribution in [0.1, 0.15) is 27.7 Å². The van der Waals surface area contributed by atoms with Gasteiger partial charge in [-0.15, -0.1) is 0 Å². The maximum absolute atomic E-state index is 12.0. The number of nitrogens with zero attached hydrogens (tertiary/aromatic N) is 2. The Hall–Kier alpha value is -1.83. The smallest absolute Gasteiger partial charge is 0.241 e. The van der Waals surface area contributed by atoms with Gasteiger partial charge in [0.1, 0.15) is 6.54 Å². The zero-order valence-corrected chi connectivity index (χ0v) is 15.2. The van der Waals surface area contributed by atoms with Gasteiger partial charge in [0.25, 0.3) is 0 Å². The number of hydrogen-bond acceptors (Lipinski definition) is 4. The lowest BCUT2D eigenvalue weighted by Crippen LogP contribution is -2.49. The van der Waals surface area contributed by atoms with Crippen molar-refractivity contribution in [2.45, 2.75) is 33.2 Å². The normalized spacial score (nSPS) is 11.8. The zero-order chi connectivity index (χ0) is 17.9. The van der Waals surface area contributed by atoms with Crippen LogP contribution in [0, 0.1) is 0 Å². The van der Waals surface area contributed by atoms with Gasteiger partial charge >= 0.3 is 0 Å². The van der Waals surface area contributed by atoms with Crippen molar-refractivity contribution in [2.24, 2.45) is 4.99 Å². The van der Waals surface area contributed by atoms with Crippen LogP contribution in [0.25, 0.3) is 0 Å². The molecule has 0 spiro atoms. The first-order chi connectivity index (χ1) is 10.7. The number of hydrogen-bond donors (Lipinski definition) is 3. The molecule has 134 valence electrons. The van der Waals surface area contributed by atoms with Crippen LogP contribution in [0.15, 0.2) is 4.99 Å². The molecule has 0 unspecified atom stereocenters. The number of ether oxygens (including phenoxy) is 1. The highest BCUT2D eigenvalue weighted by molar-refractivity contribution is 5.88. The van der Waals surface area contributed by atoms with E-state index in [0.717, 1.165) is 0 Å². The molecule has 0 aromatic heterocycles. The average molecular weight is 329 g/mol. The molecule has 0 radical (unpaired) electrons. The number of guanidine groups is 1. The van der Waals surface area contributed by atoms with E-state index >= 15 is 0 Å². The Morgan fingerprint density at radius 3 is 2.35 bits per heavy atom. The Kier molecular flexibility index (Phi) is 9.96. The van der Waals surface area contributed by atoms with Crippen LogP contribution in [0.3, 0.4) is 0 Å². The van der Waals surface area contributed by atoms with Crippen LogP contribution in [-0.4, -0.2) is 75.2 Å². The minimum Gasteiger partial charge on any atom is -0.383 e. The van der Waals surface area contributed by atoms with E-state index in [2.05, 4.69) is 20.9 Å². The van der Waals surface area contributed by atoms with Crippen LogP contribution in [0.5, 0.6) is 0 Å². The third-order valence-corrected chi connectivity index (χ3v) is 2.59. The fourth-order valence-electron chi connectivity index (χ4n) is 1.71. The van der Waals surface area contributed by atoms with Crippen molar-refractivity contribution >= 4 is 17.8 Å². The molecular formula is C15H31N5O3. The van der Waals surface area contributed by atoms with E-state index in [1.807, 2.05) is 27.7 Å². The molecular weight excluding hydrogens is 298 g/mol. The number of likely N-dealkylation sites (N-methyl/N-ethyl adjacent to an activating group) is 1. The summed E-state index contributed by atoms with van der Waals surface area (Å²) in [5.74, 6) is 0.221. The van der Waals surface area contributed by atoms with E-state index in [4.69, 9.17) is 4.74 Å². The van der Waals surface area contributed by atoms with E-state index in [0.29, 0.717) is 25.7 Å². The van der Waals surface area contributed by atoms with Gasteiger partial charge in [0, 0.05) is 32.8 Å². The summed E-state index contributed by atoms with van der Waals surface area (Å²) in [4.78, 5) is 29.5. The van der Waals surface area contributed by atoms with Crippen molar-refractivity contribution in [3.05, 3.63) is 0 Å². The summed E-state index contributed by atoms with van der Waals surface area (Å²) in [5, 5.41) is 8.65. The molecule has 0 atom stereocenters. The van der Waals surface area contributed by atoms with Crippen LogP contribution in [0.4, 0.5) is 0 Å². The minimum absolute atomic E-state index is 0.00270. The number of methoxy groups -OCH3 is 1. The quantitative estimate of drug-likeness (QED) is 0.319. The van der Waals surface area contributed by atoms with Gasteiger partial charge in [-0.2, -0.15) is 0 Å². The third kappa shape index (κ3) is 11.4. The minimum atomic E-state index is -0.283. The number of carbonyl (C=O) groups excluding carboxylic acids is 2. The predicted octanol–water partition coefficient (Wildman–Crippen LogP) is -0.439. The molecule has 0 aromatic rings. The second-order valence-corrected chi connectivity index (χ2v) is 6.17. The van der Waals surface area contributed by atoms with E-state index in [9.17, 15) is 9.59 Å². The van der Waals surface area contributed by atoms with Crippen molar-refractivity contribution in [1.82, 2.24) is 20.9 Å². The van der Waals surface area contributed by atoms with Crippen molar-refractivity contribution in [3.8, 4) is 0 Å². The summed E-state index contributed by atoms with van der Waals surface area (Å²) >= 11 is 0. The Labute approximate surface area is 139 Å². The second kappa shape index (κ2) is 10.8. The molecule has 0 bridgehead atoms. The summed E-state index contributed by atoms with van der Waals surface area (Å²) in [7, 11) is 3.33. The highest BCUT2D eigenvalue weighted by Crippen LogP contribution is 1.98. The van der Waals surface area contributed by atoms with Crippen molar-refractivity contribution in [2.75, 3.05) is 46.9 Å². The van der Waals surface area contributed by atoms with Gasteiger partial charge in [-0.05, 0) is 27.7 Å². The van der Waals surface area contributed by atoms with Gasteiger partial charge in [-0.1, -0.05) is 0 Å². The lowest BCUT2D eigenvalue weighted by atomic mass is 10.1. The predicted molar refractivity (Wildman–Crippen MR) is 91.4 cm³/mol.